The minimum atomic E-state index is 0.156. The molecule has 0 saturated heterocycles. The molecule has 0 radical (unpaired) electrons. The van der Waals surface area contributed by atoms with Crippen LogP contribution in [0.5, 0.6) is 0 Å². The maximum Gasteiger partial charge on any atom is 0.0245 e. The fourth-order valence-corrected chi connectivity index (χ4v) is 4.14. The Labute approximate surface area is 172 Å². The van der Waals surface area contributed by atoms with E-state index >= 15 is 0 Å². The van der Waals surface area contributed by atoms with Crippen molar-refractivity contribution in [2.75, 3.05) is 0 Å². The summed E-state index contributed by atoms with van der Waals surface area (Å²) < 4.78 is 0. The first-order valence-electron chi connectivity index (χ1n) is 10.7. The lowest BCUT2D eigenvalue weighted by atomic mass is 9.84. The molecule has 0 aliphatic carbocycles. The summed E-state index contributed by atoms with van der Waals surface area (Å²) >= 11 is 0. The van der Waals surface area contributed by atoms with Crippen LogP contribution in [0.25, 0.3) is 0 Å². The summed E-state index contributed by atoms with van der Waals surface area (Å²) in [7, 11) is 3.06. The molecule has 1 unspecified atom stereocenters. The van der Waals surface area contributed by atoms with E-state index in [4.69, 9.17) is 0 Å². The van der Waals surface area contributed by atoms with Gasteiger partial charge in [0.15, 0.2) is 0 Å². The minimum absolute atomic E-state index is 0.156. The molecule has 0 aliphatic rings. The molecule has 1 aromatic carbocycles. The highest BCUT2D eigenvalue weighted by Crippen LogP contribution is 2.27. The molecule has 1 aromatic rings. The van der Waals surface area contributed by atoms with Crippen molar-refractivity contribution in [3.05, 3.63) is 28.8 Å². The predicted octanol–water partition coefficient (Wildman–Crippen LogP) is 5.72. The first-order valence-corrected chi connectivity index (χ1v) is 11.3. The molecule has 0 bridgehead atoms. The van der Waals surface area contributed by atoms with E-state index in [0.717, 1.165) is 13.1 Å². The lowest BCUT2D eigenvalue weighted by molar-refractivity contribution is 0.164. The van der Waals surface area contributed by atoms with Gasteiger partial charge in [0.05, 0.1) is 0 Å². The molecule has 0 N–H and O–H groups in total. The molecule has 0 saturated carbocycles. The van der Waals surface area contributed by atoms with Crippen LogP contribution in [0.1, 0.15) is 92.9 Å². The molecule has 0 fully saturated rings. The average molecular weight is 393 g/mol. The highest BCUT2D eigenvalue weighted by molar-refractivity contribution is 7.27. The molecule has 3 heteroatoms. The second-order valence-electron chi connectivity index (χ2n) is 10.2. The first-order chi connectivity index (χ1) is 12.3. The molecule has 156 valence electrons. The van der Waals surface area contributed by atoms with Gasteiger partial charge in [0.1, 0.15) is 0 Å². The van der Waals surface area contributed by atoms with Crippen LogP contribution in [-0.4, -0.2) is 34.0 Å². The number of hydrogen-bond donors (Lipinski definition) is 0. The molecule has 1 rings (SSSR count). The van der Waals surface area contributed by atoms with Crippen molar-refractivity contribution >= 4 is 14.5 Å². The maximum atomic E-state index is 3.06. The van der Waals surface area contributed by atoms with Gasteiger partial charge < -0.3 is 0 Å². The standard InChI is InChI=1S/C24H45N2P/c1-16(2)25(17(3)4)14-20-12-22(24(9,10)11)13-21(23(20)27)15-26(18(5)6)19(7)8/h12-13,16-19H,14-15,27H2,1-11H3. The van der Waals surface area contributed by atoms with Crippen molar-refractivity contribution in [2.45, 2.75) is 119 Å². The van der Waals surface area contributed by atoms with Crippen molar-refractivity contribution in [3.8, 4) is 0 Å². The Morgan fingerprint density at radius 2 is 1.00 bits per heavy atom. The molecular weight excluding hydrogens is 347 g/mol. The van der Waals surface area contributed by atoms with Crippen LogP contribution < -0.4 is 5.30 Å². The van der Waals surface area contributed by atoms with Gasteiger partial charge in [-0.3, -0.25) is 9.80 Å². The van der Waals surface area contributed by atoms with Crippen LogP contribution >= 0.6 is 9.24 Å². The molecule has 0 aromatic heterocycles. The third-order valence-electron chi connectivity index (χ3n) is 5.58. The van der Waals surface area contributed by atoms with Crippen LogP contribution in [0.2, 0.25) is 0 Å². The first kappa shape index (κ1) is 24.6. The van der Waals surface area contributed by atoms with Crippen LogP contribution in [0, 0.1) is 0 Å². The van der Waals surface area contributed by atoms with Gasteiger partial charge in [-0.15, -0.1) is 9.24 Å². The largest absolute Gasteiger partial charge is 0.294 e. The lowest BCUT2D eigenvalue weighted by Gasteiger charge is -2.34. The summed E-state index contributed by atoms with van der Waals surface area (Å²) in [5.41, 5.74) is 4.51. The molecule has 1 atom stereocenters. The van der Waals surface area contributed by atoms with Crippen LogP contribution in [0.3, 0.4) is 0 Å². The summed E-state index contributed by atoms with van der Waals surface area (Å²) in [4.78, 5) is 5.17. The molecule has 27 heavy (non-hydrogen) atoms. The number of nitrogens with zero attached hydrogens (tertiary/aromatic N) is 2. The summed E-state index contributed by atoms with van der Waals surface area (Å²) in [6.07, 6.45) is 0. The quantitative estimate of drug-likeness (QED) is 0.522. The fraction of sp³-hybridized carbons (Fsp3) is 0.750. The minimum Gasteiger partial charge on any atom is -0.294 e. The van der Waals surface area contributed by atoms with Crippen LogP contribution in [-0.2, 0) is 18.5 Å². The number of rotatable bonds is 8. The Morgan fingerprint density at radius 1 is 0.704 bits per heavy atom. The van der Waals surface area contributed by atoms with Crippen molar-refractivity contribution in [1.82, 2.24) is 9.80 Å². The van der Waals surface area contributed by atoms with E-state index in [1.54, 1.807) is 0 Å². The van der Waals surface area contributed by atoms with Gasteiger partial charge in [-0.1, -0.05) is 32.9 Å². The van der Waals surface area contributed by atoms with Gasteiger partial charge in [-0.25, -0.2) is 0 Å². The second kappa shape index (κ2) is 9.86. The summed E-state index contributed by atoms with van der Waals surface area (Å²) in [5.74, 6) is 0. The average Bonchev–Trinajstić information content (AvgIpc) is 2.49. The second-order valence-corrected chi connectivity index (χ2v) is 10.8. The van der Waals surface area contributed by atoms with E-state index in [0.29, 0.717) is 24.2 Å². The molecule has 0 amide bonds. The van der Waals surface area contributed by atoms with E-state index in [1.807, 2.05) is 0 Å². The van der Waals surface area contributed by atoms with Crippen molar-refractivity contribution < 1.29 is 0 Å². The Bertz CT molecular complexity index is 538. The molecule has 0 heterocycles. The zero-order chi connectivity index (χ0) is 21.1. The zero-order valence-electron chi connectivity index (χ0n) is 19.9. The van der Waals surface area contributed by atoms with Gasteiger partial charge in [-0.05, 0) is 82.8 Å². The summed E-state index contributed by atoms with van der Waals surface area (Å²) in [5, 5.41) is 1.39. The van der Waals surface area contributed by atoms with Crippen molar-refractivity contribution in [3.63, 3.8) is 0 Å². The van der Waals surface area contributed by atoms with E-state index in [9.17, 15) is 0 Å². The lowest BCUT2D eigenvalue weighted by Crippen LogP contribution is -2.39. The van der Waals surface area contributed by atoms with Gasteiger partial charge in [0.2, 0.25) is 0 Å². The normalized spacial score (nSPS) is 13.3. The maximum absolute atomic E-state index is 3.06. The Hall–Kier alpha value is -0.430. The highest BCUT2D eigenvalue weighted by atomic mass is 31.0. The number of benzene rings is 1. The Kier molecular flexibility index (Phi) is 8.98. The smallest absolute Gasteiger partial charge is 0.0245 e. The topological polar surface area (TPSA) is 6.48 Å². The van der Waals surface area contributed by atoms with Gasteiger partial charge >= 0.3 is 0 Å². The summed E-state index contributed by atoms with van der Waals surface area (Å²) in [6, 6.07) is 7.05. The Balaban J connectivity index is 3.43. The monoisotopic (exact) mass is 392 g/mol. The third-order valence-corrected chi connectivity index (χ3v) is 6.32. The van der Waals surface area contributed by atoms with Crippen molar-refractivity contribution in [2.24, 2.45) is 0 Å². The molecule has 0 aliphatic heterocycles. The Morgan fingerprint density at radius 3 is 1.22 bits per heavy atom. The predicted molar refractivity (Wildman–Crippen MR) is 126 cm³/mol. The van der Waals surface area contributed by atoms with Gasteiger partial charge in [0, 0.05) is 37.3 Å². The van der Waals surface area contributed by atoms with Crippen molar-refractivity contribution in [1.29, 1.82) is 0 Å². The third kappa shape index (κ3) is 6.84. The highest BCUT2D eigenvalue weighted by Gasteiger charge is 2.22. The summed E-state index contributed by atoms with van der Waals surface area (Å²) in [6.45, 7) is 27.4. The van der Waals surface area contributed by atoms with E-state index < -0.39 is 0 Å². The van der Waals surface area contributed by atoms with Gasteiger partial charge in [-0.2, -0.15) is 0 Å². The van der Waals surface area contributed by atoms with Gasteiger partial charge in [0.25, 0.3) is 0 Å². The zero-order valence-corrected chi connectivity index (χ0v) is 21.0. The van der Waals surface area contributed by atoms with E-state index in [1.165, 1.54) is 22.0 Å². The van der Waals surface area contributed by atoms with E-state index in [2.05, 4.69) is 107 Å². The molecule has 2 nitrogen and oxygen atoms in total. The van der Waals surface area contributed by atoms with E-state index in [-0.39, 0.29) is 5.41 Å². The fourth-order valence-electron chi connectivity index (χ4n) is 3.79. The number of hydrogen-bond acceptors (Lipinski definition) is 2. The van der Waals surface area contributed by atoms with Crippen LogP contribution in [0.15, 0.2) is 12.1 Å². The van der Waals surface area contributed by atoms with Crippen LogP contribution in [0.4, 0.5) is 0 Å². The molecular formula is C24H45N2P. The molecule has 0 spiro atoms. The SMILES string of the molecule is CC(C)N(Cc1cc(C(C)(C)C)cc(CN(C(C)C)C(C)C)c1P)C(C)C.